The molecule has 0 radical (unpaired) electrons. The monoisotopic (exact) mass is 285 g/mol. The number of ether oxygens (including phenoxy) is 2. The largest absolute Gasteiger partial charge is 0.488 e. The fraction of sp³-hybridized carbons (Fsp3) is 0.600. The van der Waals surface area contributed by atoms with E-state index in [4.69, 9.17) is 14.6 Å². The second kappa shape index (κ2) is 9.69. The summed E-state index contributed by atoms with van der Waals surface area (Å²) in [6.45, 7) is 6.65. The second-order valence-electron chi connectivity index (χ2n) is 4.97. The molecule has 0 heterocycles. The molecule has 0 saturated carbocycles. The van der Waals surface area contributed by atoms with Crippen LogP contribution in [-0.4, -0.2) is 38.1 Å². The Bertz CT molecular complexity index is 385. The zero-order chi connectivity index (χ0) is 14.8. The van der Waals surface area contributed by atoms with Crippen molar-refractivity contribution < 1.29 is 19.0 Å². The number of benzene rings is 1. The number of hydrogen-bond acceptors (Lipinski definition) is 4. The summed E-state index contributed by atoms with van der Waals surface area (Å²) in [7, 11) is 0. The SMILES string of the molecule is CC(C)CNCc1ccc(OCCOCCO)c(F)c1. The van der Waals surface area contributed by atoms with Crippen molar-refractivity contribution in [1.29, 1.82) is 0 Å². The van der Waals surface area contributed by atoms with Crippen molar-refractivity contribution in [3.05, 3.63) is 29.6 Å². The van der Waals surface area contributed by atoms with Gasteiger partial charge in [-0.2, -0.15) is 0 Å². The molecule has 20 heavy (non-hydrogen) atoms. The molecule has 0 aliphatic heterocycles. The topological polar surface area (TPSA) is 50.7 Å². The van der Waals surface area contributed by atoms with Gasteiger partial charge in [0.2, 0.25) is 0 Å². The Balaban J connectivity index is 2.35. The highest BCUT2D eigenvalue weighted by atomic mass is 19.1. The van der Waals surface area contributed by atoms with E-state index in [-0.39, 0.29) is 31.4 Å². The lowest BCUT2D eigenvalue weighted by Gasteiger charge is -2.10. The van der Waals surface area contributed by atoms with Gasteiger partial charge in [0.1, 0.15) is 6.61 Å². The van der Waals surface area contributed by atoms with E-state index in [0.717, 1.165) is 12.1 Å². The van der Waals surface area contributed by atoms with Crippen LogP contribution in [0.15, 0.2) is 18.2 Å². The van der Waals surface area contributed by atoms with Crippen molar-refractivity contribution in [1.82, 2.24) is 5.32 Å². The smallest absolute Gasteiger partial charge is 0.165 e. The third-order valence-corrected chi connectivity index (χ3v) is 2.60. The van der Waals surface area contributed by atoms with Gasteiger partial charge in [-0.15, -0.1) is 0 Å². The van der Waals surface area contributed by atoms with Gasteiger partial charge in [0.05, 0.1) is 19.8 Å². The van der Waals surface area contributed by atoms with Crippen molar-refractivity contribution in [3.63, 3.8) is 0 Å². The summed E-state index contributed by atoms with van der Waals surface area (Å²) in [5, 5.41) is 11.8. The molecule has 1 rings (SSSR count). The van der Waals surface area contributed by atoms with Gasteiger partial charge in [-0.3, -0.25) is 0 Å². The van der Waals surface area contributed by atoms with Gasteiger partial charge in [0.15, 0.2) is 11.6 Å². The van der Waals surface area contributed by atoms with Crippen LogP contribution in [0.2, 0.25) is 0 Å². The van der Waals surface area contributed by atoms with Crippen LogP contribution in [0.3, 0.4) is 0 Å². The van der Waals surface area contributed by atoms with Gasteiger partial charge in [-0.05, 0) is 30.2 Å². The van der Waals surface area contributed by atoms with E-state index in [2.05, 4.69) is 19.2 Å². The predicted octanol–water partition coefficient (Wildman–Crippen LogP) is 1.96. The first-order chi connectivity index (χ1) is 9.63. The number of rotatable bonds is 10. The number of hydrogen-bond donors (Lipinski definition) is 2. The predicted molar refractivity (Wildman–Crippen MR) is 76.3 cm³/mol. The fourth-order valence-corrected chi connectivity index (χ4v) is 1.65. The second-order valence-corrected chi connectivity index (χ2v) is 4.97. The molecule has 0 amide bonds. The first-order valence-electron chi connectivity index (χ1n) is 6.94. The summed E-state index contributed by atoms with van der Waals surface area (Å²) in [4.78, 5) is 0. The molecule has 0 fully saturated rings. The highest BCUT2D eigenvalue weighted by Crippen LogP contribution is 2.18. The lowest BCUT2D eigenvalue weighted by molar-refractivity contribution is 0.0696. The number of aliphatic hydroxyl groups is 1. The van der Waals surface area contributed by atoms with Crippen LogP contribution in [-0.2, 0) is 11.3 Å². The van der Waals surface area contributed by atoms with Gasteiger partial charge in [0, 0.05) is 6.54 Å². The van der Waals surface area contributed by atoms with Crippen molar-refractivity contribution in [2.75, 3.05) is 33.0 Å². The molecule has 0 atom stereocenters. The van der Waals surface area contributed by atoms with Crippen LogP contribution in [0.25, 0.3) is 0 Å². The van der Waals surface area contributed by atoms with E-state index in [1.807, 2.05) is 6.07 Å². The lowest BCUT2D eigenvalue weighted by atomic mass is 10.2. The highest BCUT2D eigenvalue weighted by Gasteiger charge is 2.05. The standard InChI is InChI=1S/C15H24FNO3/c1-12(2)10-17-11-13-3-4-15(14(16)9-13)20-8-7-19-6-5-18/h3-4,9,12,17-18H,5-8,10-11H2,1-2H3. The van der Waals surface area contributed by atoms with Crippen LogP contribution < -0.4 is 10.1 Å². The van der Waals surface area contributed by atoms with E-state index < -0.39 is 0 Å². The number of nitrogens with one attached hydrogen (secondary N) is 1. The molecule has 5 heteroatoms. The molecular formula is C15H24FNO3. The molecule has 0 saturated heterocycles. The Hall–Kier alpha value is -1.17. The van der Waals surface area contributed by atoms with Gasteiger partial charge >= 0.3 is 0 Å². The highest BCUT2D eigenvalue weighted by molar-refractivity contribution is 5.29. The quantitative estimate of drug-likeness (QED) is 0.645. The maximum absolute atomic E-state index is 13.8. The zero-order valence-corrected chi connectivity index (χ0v) is 12.2. The van der Waals surface area contributed by atoms with Crippen molar-refractivity contribution in [2.24, 2.45) is 5.92 Å². The third-order valence-electron chi connectivity index (χ3n) is 2.60. The Kier molecular flexibility index (Phi) is 8.18. The third kappa shape index (κ3) is 6.84. The maximum atomic E-state index is 13.8. The Labute approximate surface area is 119 Å². The lowest BCUT2D eigenvalue weighted by Crippen LogP contribution is -2.19. The van der Waals surface area contributed by atoms with E-state index in [0.29, 0.717) is 19.1 Å². The van der Waals surface area contributed by atoms with Gasteiger partial charge in [-0.25, -0.2) is 4.39 Å². The van der Waals surface area contributed by atoms with Crippen LogP contribution >= 0.6 is 0 Å². The molecule has 4 nitrogen and oxygen atoms in total. The van der Waals surface area contributed by atoms with E-state index >= 15 is 0 Å². The normalized spacial score (nSPS) is 11.1. The minimum atomic E-state index is -0.365. The van der Waals surface area contributed by atoms with Crippen LogP contribution in [0.1, 0.15) is 19.4 Å². The first kappa shape index (κ1) is 16.9. The molecule has 114 valence electrons. The van der Waals surface area contributed by atoms with Gasteiger partial charge in [-0.1, -0.05) is 19.9 Å². The molecule has 0 spiro atoms. The first-order valence-corrected chi connectivity index (χ1v) is 6.94. The molecule has 0 bridgehead atoms. The summed E-state index contributed by atoms with van der Waals surface area (Å²) in [5.41, 5.74) is 0.895. The summed E-state index contributed by atoms with van der Waals surface area (Å²) in [6.07, 6.45) is 0. The molecule has 0 aromatic heterocycles. The fourth-order valence-electron chi connectivity index (χ4n) is 1.65. The molecule has 0 aliphatic rings. The van der Waals surface area contributed by atoms with Crippen LogP contribution in [0, 0.1) is 11.7 Å². The van der Waals surface area contributed by atoms with Crippen LogP contribution in [0.4, 0.5) is 4.39 Å². The van der Waals surface area contributed by atoms with E-state index in [9.17, 15) is 4.39 Å². The Morgan fingerprint density at radius 1 is 1.25 bits per heavy atom. The maximum Gasteiger partial charge on any atom is 0.165 e. The van der Waals surface area contributed by atoms with Gasteiger partial charge < -0.3 is 19.9 Å². The molecule has 2 N–H and O–H groups in total. The average Bonchev–Trinajstić information content (AvgIpc) is 2.40. The van der Waals surface area contributed by atoms with Crippen LogP contribution in [0.5, 0.6) is 5.75 Å². The van der Waals surface area contributed by atoms with Crippen molar-refractivity contribution in [2.45, 2.75) is 20.4 Å². The van der Waals surface area contributed by atoms with Crippen molar-refractivity contribution in [3.8, 4) is 5.75 Å². The van der Waals surface area contributed by atoms with Gasteiger partial charge in [0.25, 0.3) is 0 Å². The number of halogens is 1. The Morgan fingerprint density at radius 3 is 2.70 bits per heavy atom. The van der Waals surface area contributed by atoms with E-state index in [1.165, 1.54) is 6.07 Å². The summed E-state index contributed by atoms with van der Waals surface area (Å²) >= 11 is 0. The minimum absolute atomic E-state index is 0.0214. The molecule has 0 aliphatic carbocycles. The summed E-state index contributed by atoms with van der Waals surface area (Å²) in [5.74, 6) is 0.433. The van der Waals surface area contributed by atoms with Crippen molar-refractivity contribution >= 4 is 0 Å². The minimum Gasteiger partial charge on any atom is -0.488 e. The molecule has 1 aromatic rings. The molecular weight excluding hydrogens is 261 g/mol. The van der Waals surface area contributed by atoms with E-state index in [1.54, 1.807) is 6.07 Å². The summed E-state index contributed by atoms with van der Waals surface area (Å²) < 4.78 is 24.1. The number of aliphatic hydroxyl groups excluding tert-OH is 1. The molecule has 1 aromatic carbocycles. The zero-order valence-electron chi connectivity index (χ0n) is 12.2. The molecule has 0 unspecified atom stereocenters. The Morgan fingerprint density at radius 2 is 2.05 bits per heavy atom. The summed E-state index contributed by atoms with van der Waals surface area (Å²) in [6, 6.07) is 4.96. The average molecular weight is 285 g/mol.